The van der Waals surface area contributed by atoms with Gasteiger partial charge in [0.25, 0.3) is 0 Å². The van der Waals surface area contributed by atoms with E-state index in [4.69, 9.17) is 4.74 Å². The number of nitrogens with one attached hydrogen (secondary N) is 1. The van der Waals surface area contributed by atoms with Crippen LogP contribution in [0.2, 0.25) is 0 Å². The Morgan fingerprint density at radius 3 is 2.85 bits per heavy atom. The second kappa shape index (κ2) is 6.37. The molecule has 4 atom stereocenters. The van der Waals surface area contributed by atoms with Crippen molar-refractivity contribution >= 4 is 17.7 Å². The third kappa shape index (κ3) is 2.47. The molecule has 3 fully saturated rings. The number of hydrogen-bond donors (Lipinski definition) is 1. The third-order valence-electron chi connectivity index (χ3n) is 6.42. The molecule has 3 saturated heterocycles. The number of carbonyl (C=O) groups is 3. The highest BCUT2D eigenvalue weighted by molar-refractivity contribution is 5.93. The molecule has 0 aromatic rings. The molecule has 4 aliphatic heterocycles. The minimum absolute atomic E-state index is 0.0299. The standard InChI is InChI=1S/C19H27N3O4/c1-3-12(4-2)22-11-19-7-5-13(26-19)15(16(19)18(22)25)17(24)21-9-6-14(23)20-8-10-21/h5,7,12-13,15-16H,3-4,6,8-11H2,1-2H3,(H,20,23)/t13-,15?,16?,19-/m1/s1. The summed E-state index contributed by atoms with van der Waals surface area (Å²) in [6.45, 7) is 6.07. The topological polar surface area (TPSA) is 79.0 Å². The van der Waals surface area contributed by atoms with E-state index in [0.29, 0.717) is 32.6 Å². The molecule has 4 rings (SSSR count). The molecular formula is C19H27N3O4. The lowest BCUT2D eigenvalue weighted by atomic mass is 9.76. The Labute approximate surface area is 153 Å². The van der Waals surface area contributed by atoms with Crippen molar-refractivity contribution in [3.05, 3.63) is 12.2 Å². The first kappa shape index (κ1) is 17.5. The van der Waals surface area contributed by atoms with E-state index in [1.807, 2.05) is 17.1 Å². The highest BCUT2D eigenvalue weighted by Crippen LogP contribution is 2.53. The van der Waals surface area contributed by atoms with Crippen LogP contribution in [0.3, 0.4) is 0 Å². The summed E-state index contributed by atoms with van der Waals surface area (Å²) in [5.74, 6) is -0.939. The van der Waals surface area contributed by atoms with Gasteiger partial charge in [0, 0.05) is 32.1 Å². The highest BCUT2D eigenvalue weighted by atomic mass is 16.5. The SMILES string of the molecule is CCC(CC)N1C[C@@]23C=C[C@@H](O2)C(C(=O)N2CCNC(=O)CC2)C3C1=O. The van der Waals surface area contributed by atoms with E-state index >= 15 is 0 Å². The minimum Gasteiger partial charge on any atom is -0.360 e. The average Bonchev–Trinajstić information content (AvgIpc) is 3.21. The predicted molar refractivity (Wildman–Crippen MR) is 94.0 cm³/mol. The molecule has 7 heteroatoms. The van der Waals surface area contributed by atoms with Crippen molar-refractivity contribution in [2.24, 2.45) is 11.8 Å². The van der Waals surface area contributed by atoms with Gasteiger partial charge >= 0.3 is 0 Å². The van der Waals surface area contributed by atoms with Crippen LogP contribution in [-0.2, 0) is 19.1 Å². The van der Waals surface area contributed by atoms with Gasteiger partial charge in [-0.3, -0.25) is 14.4 Å². The van der Waals surface area contributed by atoms with E-state index in [2.05, 4.69) is 19.2 Å². The monoisotopic (exact) mass is 361 g/mol. The lowest BCUT2D eigenvalue weighted by molar-refractivity contribution is -0.144. The molecular weight excluding hydrogens is 334 g/mol. The van der Waals surface area contributed by atoms with Gasteiger partial charge in [0.15, 0.2) is 0 Å². The lowest BCUT2D eigenvalue weighted by Gasteiger charge is -2.30. The highest BCUT2D eigenvalue weighted by Gasteiger charge is 2.67. The first-order chi connectivity index (χ1) is 12.5. The number of carbonyl (C=O) groups excluding carboxylic acids is 3. The van der Waals surface area contributed by atoms with Crippen LogP contribution in [0.4, 0.5) is 0 Å². The Bertz CT molecular complexity index is 659. The van der Waals surface area contributed by atoms with E-state index in [0.717, 1.165) is 12.8 Å². The Balaban J connectivity index is 1.58. The maximum Gasteiger partial charge on any atom is 0.230 e. The summed E-state index contributed by atoms with van der Waals surface area (Å²) in [4.78, 5) is 41.7. The molecule has 1 spiro atoms. The van der Waals surface area contributed by atoms with Crippen LogP contribution < -0.4 is 5.32 Å². The van der Waals surface area contributed by atoms with Crippen molar-refractivity contribution in [3.8, 4) is 0 Å². The number of amides is 3. The van der Waals surface area contributed by atoms with Crippen molar-refractivity contribution in [1.29, 1.82) is 0 Å². The van der Waals surface area contributed by atoms with Gasteiger partial charge in [-0.2, -0.15) is 0 Å². The second-order valence-electron chi connectivity index (χ2n) is 7.76. The number of rotatable bonds is 4. The zero-order valence-corrected chi connectivity index (χ0v) is 15.4. The number of fused-ring (bicyclic) bond motifs is 1. The molecule has 0 radical (unpaired) electrons. The molecule has 2 bridgehead atoms. The second-order valence-corrected chi connectivity index (χ2v) is 7.76. The summed E-state index contributed by atoms with van der Waals surface area (Å²) in [5, 5.41) is 2.79. The Morgan fingerprint density at radius 1 is 1.35 bits per heavy atom. The summed E-state index contributed by atoms with van der Waals surface area (Å²) in [5.41, 5.74) is -0.648. The Kier molecular flexibility index (Phi) is 4.29. The van der Waals surface area contributed by atoms with Crippen LogP contribution in [0.5, 0.6) is 0 Å². The summed E-state index contributed by atoms with van der Waals surface area (Å²) in [6, 6.07) is 0.189. The maximum absolute atomic E-state index is 13.3. The third-order valence-corrected chi connectivity index (χ3v) is 6.42. The number of hydrogen-bond acceptors (Lipinski definition) is 4. The van der Waals surface area contributed by atoms with Crippen LogP contribution in [0.1, 0.15) is 33.1 Å². The van der Waals surface area contributed by atoms with Gasteiger partial charge in [-0.05, 0) is 12.8 Å². The smallest absolute Gasteiger partial charge is 0.230 e. The fraction of sp³-hybridized carbons (Fsp3) is 0.737. The molecule has 4 aliphatic rings. The zero-order valence-electron chi connectivity index (χ0n) is 15.4. The molecule has 142 valence electrons. The van der Waals surface area contributed by atoms with Gasteiger partial charge in [-0.15, -0.1) is 0 Å². The van der Waals surface area contributed by atoms with E-state index in [-0.39, 0.29) is 29.9 Å². The van der Waals surface area contributed by atoms with Crippen molar-refractivity contribution in [2.45, 2.75) is 50.9 Å². The molecule has 0 aliphatic carbocycles. The van der Waals surface area contributed by atoms with Crippen molar-refractivity contribution in [3.63, 3.8) is 0 Å². The van der Waals surface area contributed by atoms with Crippen molar-refractivity contribution in [1.82, 2.24) is 15.1 Å². The summed E-state index contributed by atoms with van der Waals surface area (Å²) in [7, 11) is 0. The van der Waals surface area contributed by atoms with Crippen LogP contribution in [0.15, 0.2) is 12.2 Å². The Hall–Kier alpha value is -1.89. The molecule has 0 aromatic heterocycles. The zero-order chi connectivity index (χ0) is 18.5. The summed E-state index contributed by atoms with van der Waals surface area (Å²) < 4.78 is 6.20. The summed E-state index contributed by atoms with van der Waals surface area (Å²) in [6.07, 6.45) is 5.73. The molecule has 26 heavy (non-hydrogen) atoms. The largest absolute Gasteiger partial charge is 0.360 e. The number of likely N-dealkylation sites (tertiary alicyclic amines) is 1. The van der Waals surface area contributed by atoms with E-state index < -0.39 is 17.4 Å². The van der Waals surface area contributed by atoms with Crippen molar-refractivity contribution < 1.29 is 19.1 Å². The van der Waals surface area contributed by atoms with Crippen LogP contribution in [0.25, 0.3) is 0 Å². The molecule has 2 unspecified atom stereocenters. The van der Waals surface area contributed by atoms with Gasteiger partial charge in [-0.25, -0.2) is 0 Å². The van der Waals surface area contributed by atoms with Gasteiger partial charge in [-0.1, -0.05) is 26.0 Å². The Morgan fingerprint density at radius 2 is 2.12 bits per heavy atom. The number of nitrogens with zero attached hydrogens (tertiary/aromatic N) is 2. The fourth-order valence-electron chi connectivity index (χ4n) is 5.05. The molecule has 7 nitrogen and oxygen atoms in total. The van der Waals surface area contributed by atoms with Crippen molar-refractivity contribution in [2.75, 3.05) is 26.2 Å². The molecule has 1 N–H and O–H groups in total. The lowest BCUT2D eigenvalue weighted by Crippen LogP contribution is -2.47. The number of ether oxygens (including phenoxy) is 1. The fourth-order valence-corrected chi connectivity index (χ4v) is 5.05. The van der Waals surface area contributed by atoms with Gasteiger partial charge in [0.2, 0.25) is 17.7 Å². The van der Waals surface area contributed by atoms with Gasteiger partial charge in [0.1, 0.15) is 5.60 Å². The molecule has 0 aromatic carbocycles. The quantitative estimate of drug-likeness (QED) is 0.731. The summed E-state index contributed by atoms with van der Waals surface area (Å²) >= 11 is 0. The van der Waals surface area contributed by atoms with Crippen LogP contribution >= 0.6 is 0 Å². The molecule has 3 amide bonds. The minimum atomic E-state index is -0.648. The first-order valence-electron chi connectivity index (χ1n) is 9.74. The van der Waals surface area contributed by atoms with Gasteiger partial charge in [0.05, 0.1) is 24.5 Å². The predicted octanol–water partition coefficient (Wildman–Crippen LogP) is 0.306. The van der Waals surface area contributed by atoms with E-state index in [1.165, 1.54) is 0 Å². The van der Waals surface area contributed by atoms with Crippen LogP contribution in [0, 0.1) is 11.8 Å². The molecule has 4 heterocycles. The van der Waals surface area contributed by atoms with Crippen LogP contribution in [-0.4, -0.2) is 71.4 Å². The normalized spacial score (nSPS) is 35.9. The molecule has 0 saturated carbocycles. The van der Waals surface area contributed by atoms with E-state index in [1.54, 1.807) is 4.90 Å². The average molecular weight is 361 g/mol. The van der Waals surface area contributed by atoms with Gasteiger partial charge < -0.3 is 19.9 Å². The maximum atomic E-state index is 13.3. The van der Waals surface area contributed by atoms with E-state index in [9.17, 15) is 14.4 Å². The first-order valence-corrected chi connectivity index (χ1v) is 9.74.